The summed E-state index contributed by atoms with van der Waals surface area (Å²) in [4.78, 5) is 34.8. The Bertz CT molecular complexity index is 1730. The smallest absolute Gasteiger partial charge is 0.252 e. The van der Waals surface area contributed by atoms with Gasteiger partial charge in [0.1, 0.15) is 23.9 Å². The predicted molar refractivity (Wildman–Crippen MR) is 161 cm³/mol. The molecule has 6 rings (SSSR count). The molecule has 1 aliphatic rings. The number of aliphatic hydroxyl groups is 2. The van der Waals surface area contributed by atoms with Crippen molar-refractivity contribution in [2.75, 3.05) is 13.2 Å². The maximum absolute atomic E-state index is 13.6. The third-order valence-electron chi connectivity index (χ3n) is 8.19. The first kappa shape index (κ1) is 28.5. The molecule has 3 heterocycles. The summed E-state index contributed by atoms with van der Waals surface area (Å²) in [5.74, 6) is -0.0829. The standard InChI is InChI=1S/C32H35N5O6/c38-17-24(40)16-34-32(42)28(13-21-15-33-26-8-7-23(39)14-25(21)26)36-31(41)19-6-9-29-27(12-19)35-30(20-10-11-43-18-20)37(29)22-4-2-1-3-5-22/h6-12,14-15,18,22,24,28,33,38-40H,1-5,13,16-17H2,(H,34,42)(H,36,41)/t24?,28-/m0/s1. The number of hydrogen-bond donors (Lipinski definition) is 6. The molecule has 1 saturated carbocycles. The quantitative estimate of drug-likeness (QED) is 0.145. The van der Waals surface area contributed by atoms with Crippen LogP contribution in [0.25, 0.3) is 33.3 Å². The molecule has 43 heavy (non-hydrogen) atoms. The van der Waals surface area contributed by atoms with Gasteiger partial charge in [0.25, 0.3) is 5.91 Å². The average molecular weight is 586 g/mol. The van der Waals surface area contributed by atoms with Crippen LogP contribution in [-0.4, -0.2) is 67.0 Å². The number of phenolic OH excluding ortho intramolecular Hbond substituents is 1. The number of nitrogens with zero attached hydrogens (tertiary/aromatic N) is 2. The van der Waals surface area contributed by atoms with Crippen molar-refractivity contribution in [3.63, 3.8) is 0 Å². The van der Waals surface area contributed by atoms with E-state index in [-0.39, 0.29) is 18.7 Å². The fourth-order valence-corrected chi connectivity index (χ4v) is 5.96. The summed E-state index contributed by atoms with van der Waals surface area (Å²) < 4.78 is 7.61. The van der Waals surface area contributed by atoms with Gasteiger partial charge < -0.3 is 39.9 Å². The molecule has 11 nitrogen and oxygen atoms in total. The summed E-state index contributed by atoms with van der Waals surface area (Å²) in [5.41, 5.74) is 4.34. The second-order valence-electron chi connectivity index (χ2n) is 11.2. The molecule has 1 unspecified atom stereocenters. The Morgan fingerprint density at radius 3 is 2.72 bits per heavy atom. The van der Waals surface area contributed by atoms with E-state index in [4.69, 9.17) is 9.40 Å². The first-order chi connectivity index (χ1) is 20.9. The van der Waals surface area contributed by atoms with Crippen molar-refractivity contribution >= 4 is 33.8 Å². The monoisotopic (exact) mass is 585 g/mol. The zero-order chi connectivity index (χ0) is 29.9. The van der Waals surface area contributed by atoms with Crippen LogP contribution in [0.5, 0.6) is 5.75 Å². The summed E-state index contributed by atoms with van der Waals surface area (Å²) in [6.07, 6.45) is 9.69. The third kappa shape index (κ3) is 5.99. The number of phenols is 1. The molecule has 2 atom stereocenters. The number of aromatic hydroxyl groups is 1. The molecular formula is C32H35N5O6. The lowest BCUT2D eigenvalue weighted by molar-refractivity contribution is -0.123. The number of carbonyl (C=O) groups excluding carboxylic acids is 2. The molecule has 1 fully saturated rings. The molecule has 0 bridgehead atoms. The van der Waals surface area contributed by atoms with Gasteiger partial charge in [0.15, 0.2) is 0 Å². The zero-order valence-corrected chi connectivity index (χ0v) is 23.6. The molecule has 2 amide bonds. The molecule has 0 aliphatic heterocycles. The van der Waals surface area contributed by atoms with E-state index in [1.54, 1.807) is 49.1 Å². The molecule has 6 N–H and O–H groups in total. The van der Waals surface area contributed by atoms with Gasteiger partial charge in [-0.1, -0.05) is 19.3 Å². The number of fused-ring (bicyclic) bond motifs is 2. The number of rotatable bonds is 10. The van der Waals surface area contributed by atoms with E-state index in [0.717, 1.165) is 59.1 Å². The molecule has 11 heteroatoms. The number of aliphatic hydroxyl groups excluding tert-OH is 2. The van der Waals surface area contributed by atoms with E-state index >= 15 is 0 Å². The van der Waals surface area contributed by atoms with Gasteiger partial charge in [0.2, 0.25) is 5.91 Å². The molecule has 2 aromatic carbocycles. The number of benzene rings is 2. The first-order valence-corrected chi connectivity index (χ1v) is 14.6. The van der Waals surface area contributed by atoms with Gasteiger partial charge in [-0.2, -0.15) is 0 Å². The number of carbonyl (C=O) groups is 2. The summed E-state index contributed by atoms with van der Waals surface area (Å²) in [6.45, 7) is -0.676. The van der Waals surface area contributed by atoms with E-state index in [1.165, 1.54) is 6.42 Å². The molecule has 0 saturated heterocycles. The first-order valence-electron chi connectivity index (χ1n) is 14.6. The second kappa shape index (κ2) is 12.3. The van der Waals surface area contributed by atoms with Crippen LogP contribution in [0.15, 0.2) is 65.6 Å². The van der Waals surface area contributed by atoms with Crippen molar-refractivity contribution in [2.45, 2.75) is 56.7 Å². The minimum absolute atomic E-state index is 0.0835. The van der Waals surface area contributed by atoms with Gasteiger partial charge in [-0.3, -0.25) is 9.59 Å². The average Bonchev–Trinajstić information content (AvgIpc) is 3.78. The number of imidazole rings is 1. The lowest BCUT2D eigenvalue weighted by atomic mass is 9.95. The van der Waals surface area contributed by atoms with Gasteiger partial charge >= 0.3 is 0 Å². The zero-order valence-electron chi connectivity index (χ0n) is 23.6. The molecule has 1 aliphatic carbocycles. The molecule has 0 spiro atoms. The highest BCUT2D eigenvalue weighted by Gasteiger charge is 2.26. The van der Waals surface area contributed by atoms with E-state index in [0.29, 0.717) is 17.1 Å². The highest BCUT2D eigenvalue weighted by molar-refractivity contribution is 6.00. The Morgan fingerprint density at radius 1 is 1.12 bits per heavy atom. The fourth-order valence-electron chi connectivity index (χ4n) is 5.96. The number of amides is 2. The van der Waals surface area contributed by atoms with E-state index in [2.05, 4.69) is 20.2 Å². The Morgan fingerprint density at radius 2 is 1.95 bits per heavy atom. The number of hydrogen-bond acceptors (Lipinski definition) is 7. The molecular weight excluding hydrogens is 550 g/mol. The molecule has 5 aromatic rings. The highest BCUT2D eigenvalue weighted by atomic mass is 16.3. The minimum atomic E-state index is -1.13. The summed E-state index contributed by atoms with van der Waals surface area (Å²) in [7, 11) is 0. The maximum Gasteiger partial charge on any atom is 0.252 e. The summed E-state index contributed by atoms with van der Waals surface area (Å²) in [5, 5.41) is 35.1. The van der Waals surface area contributed by atoms with Crippen molar-refractivity contribution in [2.24, 2.45) is 0 Å². The molecule has 3 aromatic heterocycles. The fraction of sp³-hybridized carbons (Fsp3) is 0.344. The normalized spacial score (nSPS) is 15.5. The van der Waals surface area contributed by atoms with Gasteiger partial charge in [0, 0.05) is 41.7 Å². The topological polar surface area (TPSA) is 166 Å². The van der Waals surface area contributed by atoms with Gasteiger partial charge in [0.05, 0.1) is 35.6 Å². The predicted octanol–water partition coefficient (Wildman–Crippen LogP) is 3.80. The maximum atomic E-state index is 13.6. The van der Waals surface area contributed by atoms with Crippen LogP contribution in [-0.2, 0) is 11.2 Å². The van der Waals surface area contributed by atoms with Crippen molar-refractivity contribution < 1.29 is 29.3 Å². The number of H-pyrrole nitrogens is 1. The van der Waals surface area contributed by atoms with Crippen molar-refractivity contribution in [3.05, 3.63) is 72.3 Å². The van der Waals surface area contributed by atoms with Gasteiger partial charge in [-0.15, -0.1) is 0 Å². The van der Waals surface area contributed by atoms with Crippen LogP contribution in [0, 0.1) is 0 Å². The largest absolute Gasteiger partial charge is 0.508 e. The highest BCUT2D eigenvalue weighted by Crippen LogP contribution is 2.36. The van der Waals surface area contributed by atoms with Crippen molar-refractivity contribution in [1.29, 1.82) is 0 Å². The van der Waals surface area contributed by atoms with Crippen LogP contribution in [0.2, 0.25) is 0 Å². The Kier molecular flexibility index (Phi) is 8.17. The summed E-state index contributed by atoms with van der Waals surface area (Å²) >= 11 is 0. The van der Waals surface area contributed by atoms with Crippen LogP contribution < -0.4 is 10.6 Å². The lowest BCUT2D eigenvalue weighted by Gasteiger charge is -2.25. The van der Waals surface area contributed by atoms with Crippen LogP contribution in [0.1, 0.15) is 54.1 Å². The van der Waals surface area contributed by atoms with Crippen LogP contribution >= 0.6 is 0 Å². The van der Waals surface area contributed by atoms with Crippen molar-refractivity contribution in [3.8, 4) is 17.1 Å². The Hall–Kier alpha value is -4.61. The number of aromatic nitrogens is 3. The number of nitrogens with one attached hydrogen (secondary N) is 3. The Labute approximate surface area is 247 Å². The van der Waals surface area contributed by atoms with Crippen LogP contribution in [0.3, 0.4) is 0 Å². The second-order valence-corrected chi connectivity index (χ2v) is 11.2. The van der Waals surface area contributed by atoms with E-state index < -0.39 is 30.6 Å². The molecule has 0 radical (unpaired) electrons. The SMILES string of the molecule is O=C(N[C@@H](Cc1c[nH]c2ccc(O)cc12)C(=O)NCC(O)CO)c1ccc2c(c1)nc(-c1ccoc1)n2C1CCCCC1. The van der Waals surface area contributed by atoms with Crippen LogP contribution in [0.4, 0.5) is 0 Å². The minimum Gasteiger partial charge on any atom is -0.508 e. The lowest BCUT2D eigenvalue weighted by Crippen LogP contribution is -2.49. The van der Waals surface area contributed by atoms with E-state index in [9.17, 15) is 24.9 Å². The molecule has 224 valence electrons. The van der Waals surface area contributed by atoms with Gasteiger partial charge in [-0.25, -0.2) is 4.98 Å². The number of aromatic amines is 1. The van der Waals surface area contributed by atoms with Gasteiger partial charge in [-0.05, 0) is 60.9 Å². The van der Waals surface area contributed by atoms with Crippen molar-refractivity contribution in [1.82, 2.24) is 25.2 Å². The summed E-state index contributed by atoms with van der Waals surface area (Å²) in [6, 6.07) is 11.5. The number of furan rings is 1. The Balaban J connectivity index is 1.30. The third-order valence-corrected chi connectivity index (χ3v) is 8.19. The van der Waals surface area contributed by atoms with E-state index in [1.807, 2.05) is 12.1 Å².